The van der Waals surface area contributed by atoms with Crippen LogP contribution < -0.4 is 10.6 Å². The van der Waals surface area contributed by atoms with Crippen LogP contribution in [-0.4, -0.2) is 45.2 Å². The molecule has 2 atom stereocenters. The highest BCUT2D eigenvalue weighted by molar-refractivity contribution is 5.73. The molecule has 2 N–H and O–H groups in total. The van der Waals surface area contributed by atoms with Gasteiger partial charge in [-0.2, -0.15) is 0 Å². The van der Waals surface area contributed by atoms with Crippen molar-refractivity contribution in [2.24, 2.45) is 0 Å². The van der Waals surface area contributed by atoms with Gasteiger partial charge in [0.2, 0.25) is 5.88 Å². The molecule has 1 aromatic heterocycles. The Morgan fingerprint density at radius 1 is 1.07 bits per heavy atom. The number of nitrogens with one attached hydrogen (secondary N) is 1. The van der Waals surface area contributed by atoms with Crippen molar-refractivity contribution in [2.45, 2.75) is 24.9 Å². The summed E-state index contributed by atoms with van der Waals surface area (Å²) in [5.74, 6) is -0.530. The van der Waals surface area contributed by atoms with Crippen molar-refractivity contribution in [3.63, 3.8) is 0 Å². The Balaban J connectivity index is 1.41. The molecule has 2 aromatic carbocycles. The van der Waals surface area contributed by atoms with E-state index in [4.69, 9.17) is 0 Å². The van der Waals surface area contributed by atoms with Gasteiger partial charge in [-0.15, -0.1) is 0 Å². The molecule has 0 radical (unpaired) electrons. The minimum absolute atomic E-state index is 0.0781. The van der Waals surface area contributed by atoms with Gasteiger partial charge in [0, 0.05) is 49.5 Å². The zero-order valence-electron chi connectivity index (χ0n) is 16.3. The molecule has 2 aliphatic rings. The Labute approximate surface area is 172 Å². The van der Waals surface area contributed by atoms with E-state index in [2.05, 4.69) is 14.8 Å². The third-order valence-electron chi connectivity index (χ3n) is 6.23. The number of halogens is 2. The molecule has 156 valence electrons. The summed E-state index contributed by atoms with van der Waals surface area (Å²) in [6, 6.07) is 11.4. The Hall–Kier alpha value is -3.13. The van der Waals surface area contributed by atoms with Crippen LogP contribution in [0.3, 0.4) is 0 Å². The number of anilines is 2. The molecule has 30 heavy (non-hydrogen) atoms. The Morgan fingerprint density at radius 2 is 1.83 bits per heavy atom. The topological polar surface area (TPSA) is 64.5 Å². The maximum Gasteiger partial charge on any atom is 0.328 e. The van der Waals surface area contributed by atoms with Crippen LogP contribution in [0.2, 0.25) is 0 Å². The van der Waals surface area contributed by atoms with Crippen LogP contribution >= 0.6 is 0 Å². The summed E-state index contributed by atoms with van der Waals surface area (Å²) in [5.41, 5.74) is 2.47. The summed E-state index contributed by atoms with van der Waals surface area (Å²) in [6.45, 7) is 2.52. The van der Waals surface area contributed by atoms with Gasteiger partial charge in [0.1, 0.15) is 11.6 Å². The summed E-state index contributed by atoms with van der Waals surface area (Å²) in [6.07, 6.45) is 2.14. The first-order valence-electron chi connectivity index (χ1n) is 10.0. The predicted octanol–water partition coefficient (Wildman–Crippen LogP) is 3.17. The number of hydrogen-bond acceptors (Lipinski definition) is 4. The van der Waals surface area contributed by atoms with E-state index in [0.717, 1.165) is 36.4 Å². The molecule has 0 saturated carbocycles. The van der Waals surface area contributed by atoms with Gasteiger partial charge in [-0.25, -0.2) is 13.6 Å². The monoisotopic (exact) mass is 412 g/mol. The van der Waals surface area contributed by atoms with Gasteiger partial charge in [0.25, 0.3) is 0 Å². The summed E-state index contributed by atoms with van der Waals surface area (Å²) in [4.78, 5) is 18.7. The van der Waals surface area contributed by atoms with Crippen LogP contribution in [0.25, 0.3) is 0 Å². The number of piperidine rings is 1. The maximum atomic E-state index is 14.1. The van der Waals surface area contributed by atoms with Gasteiger partial charge in [0.05, 0.1) is 6.20 Å². The van der Waals surface area contributed by atoms with Crippen LogP contribution in [0.4, 0.5) is 20.2 Å². The lowest BCUT2D eigenvalue weighted by Gasteiger charge is -2.39. The lowest BCUT2D eigenvalue weighted by molar-refractivity contribution is 0.188. The molecule has 5 rings (SSSR count). The Kier molecular flexibility index (Phi) is 4.58. The summed E-state index contributed by atoms with van der Waals surface area (Å²) >= 11 is 0. The van der Waals surface area contributed by atoms with Gasteiger partial charge in [0.15, 0.2) is 0 Å². The van der Waals surface area contributed by atoms with Crippen molar-refractivity contribution >= 4 is 11.4 Å². The highest BCUT2D eigenvalue weighted by Crippen LogP contribution is 2.48. The van der Waals surface area contributed by atoms with Crippen molar-refractivity contribution in [3.8, 4) is 5.88 Å². The van der Waals surface area contributed by atoms with E-state index in [9.17, 15) is 18.7 Å². The molecule has 0 unspecified atom stereocenters. The molecular weight excluding hydrogens is 390 g/mol. The molecule has 2 aliphatic heterocycles. The number of imidazole rings is 1. The van der Waals surface area contributed by atoms with Crippen molar-refractivity contribution in [3.05, 3.63) is 76.3 Å². The lowest BCUT2D eigenvalue weighted by Crippen LogP contribution is -2.46. The molecular formula is C22H22F2N4O2. The van der Waals surface area contributed by atoms with Crippen LogP contribution in [0.1, 0.15) is 17.9 Å². The maximum absolute atomic E-state index is 14.1. The number of nitrogens with zero attached hydrogens (tertiary/aromatic N) is 3. The molecule has 0 aliphatic carbocycles. The van der Waals surface area contributed by atoms with Crippen molar-refractivity contribution < 1.29 is 13.9 Å². The number of likely N-dealkylation sites (tertiary alicyclic amines) is 1. The number of rotatable bonds is 4. The Morgan fingerprint density at radius 3 is 2.57 bits per heavy atom. The molecule has 6 nitrogen and oxygen atoms in total. The van der Waals surface area contributed by atoms with Crippen molar-refractivity contribution in [1.82, 2.24) is 14.5 Å². The molecule has 0 bridgehead atoms. The molecule has 0 amide bonds. The van der Waals surface area contributed by atoms with E-state index in [1.807, 2.05) is 0 Å². The predicted molar refractivity (Wildman–Crippen MR) is 109 cm³/mol. The molecule has 1 fully saturated rings. The normalized spacial score (nSPS) is 20.9. The third kappa shape index (κ3) is 3.17. The van der Waals surface area contributed by atoms with Gasteiger partial charge >= 0.3 is 5.69 Å². The second-order valence-electron chi connectivity index (χ2n) is 7.92. The molecule has 3 aromatic rings. The lowest BCUT2D eigenvalue weighted by atomic mass is 9.89. The SMILES string of the molecule is O=c1[nH]cc(O)n1CCN1CC[C@@H]2[C@@H](C1)c1cc(F)ccc1N2c1ccc(F)cc1. The average Bonchev–Trinajstić information content (AvgIpc) is 3.23. The van der Waals surface area contributed by atoms with E-state index in [0.29, 0.717) is 13.1 Å². The number of hydrogen-bond donors (Lipinski definition) is 2. The fraction of sp³-hybridized carbons (Fsp3) is 0.318. The molecule has 1 saturated heterocycles. The first kappa shape index (κ1) is 18.9. The van der Waals surface area contributed by atoms with Gasteiger partial charge in [-0.3, -0.25) is 4.57 Å². The number of aromatic nitrogens is 2. The quantitative estimate of drug-likeness (QED) is 0.691. The largest absolute Gasteiger partial charge is 0.493 e. The molecule has 0 spiro atoms. The first-order valence-corrected chi connectivity index (χ1v) is 10.0. The standard InChI is InChI=1S/C22H22F2N4O2/c23-14-1-4-16(5-2-14)28-19-6-3-15(24)11-17(19)18-13-26(8-7-20(18)28)9-10-27-21(29)12-25-22(27)30/h1-6,11-12,18,20,29H,7-10,13H2,(H,25,30)/t18-,20+/m0/s1. The van der Waals surface area contributed by atoms with Crippen LogP contribution in [0.5, 0.6) is 5.88 Å². The smallest absolute Gasteiger partial charge is 0.328 e. The fourth-order valence-corrected chi connectivity index (χ4v) is 4.82. The van der Waals surface area contributed by atoms with Crippen molar-refractivity contribution in [2.75, 3.05) is 24.5 Å². The fourth-order valence-electron chi connectivity index (χ4n) is 4.82. The van der Waals surface area contributed by atoms with Crippen LogP contribution in [0.15, 0.2) is 53.5 Å². The summed E-state index contributed by atoms with van der Waals surface area (Å²) in [7, 11) is 0. The Bertz CT molecular complexity index is 1120. The highest BCUT2D eigenvalue weighted by Gasteiger charge is 2.42. The van der Waals surface area contributed by atoms with Crippen molar-refractivity contribution in [1.29, 1.82) is 0 Å². The average molecular weight is 412 g/mol. The first-order chi connectivity index (χ1) is 14.5. The molecule has 3 heterocycles. The number of H-pyrrole nitrogens is 1. The summed E-state index contributed by atoms with van der Waals surface area (Å²) in [5, 5.41) is 9.79. The minimum Gasteiger partial charge on any atom is -0.493 e. The van der Waals surface area contributed by atoms with Gasteiger partial charge < -0.3 is 19.9 Å². The van der Waals surface area contributed by atoms with E-state index in [1.165, 1.54) is 29.0 Å². The zero-order valence-corrected chi connectivity index (χ0v) is 16.3. The van der Waals surface area contributed by atoms with Crippen LogP contribution in [-0.2, 0) is 6.54 Å². The molecule has 8 heteroatoms. The number of fused-ring (bicyclic) bond motifs is 3. The summed E-state index contributed by atoms with van der Waals surface area (Å²) < 4.78 is 28.8. The van der Waals surface area contributed by atoms with Crippen LogP contribution in [0, 0.1) is 11.6 Å². The minimum atomic E-state index is -0.335. The third-order valence-corrected chi connectivity index (χ3v) is 6.23. The number of benzene rings is 2. The number of aromatic amines is 1. The van der Waals surface area contributed by atoms with E-state index in [-0.39, 0.29) is 35.2 Å². The van der Waals surface area contributed by atoms with E-state index >= 15 is 0 Å². The second kappa shape index (κ2) is 7.28. The number of aromatic hydroxyl groups is 1. The van der Waals surface area contributed by atoms with E-state index < -0.39 is 0 Å². The van der Waals surface area contributed by atoms with E-state index in [1.54, 1.807) is 24.3 Å². The second-order valence-corrected chi connectivity index (χ2v) is 7.92. The van der Waals surface area contributed by atoms with Gasteiger partial charge in [-0.05, 0) is 54.4 Å². The van der Waals surface area contributed by atoms with Gasteiger partial charge in [-0.1, -0.05) is 0 Å². The highest BCUT2D eigenvalue weighted by atomic mass is 19.1. The zero-order chi connectivity index (χ0) is 20.8.